The molecular weight excluding hydrogens is 364 g/mol. The van der Waals surface area contributed by atoms with Crippen molar-refractivity contribution < 1.29 is 14.3 Å². The van der Waals surface area contributed by atoms with Crippen molar-refractivity contribution in [3.05, 3.63) is 58.7 Å². The second kappa shape index (κ2) is 10.2. The molecule has 0 saturated carbocycles. The van der Waals surface area contributed by atoms with E-state index < -0.39 is 0 Å². The van der Waals surface area contributed by atoms with Gasteiger partial charge in [-0.25, -0.2) is 0 Å². The van der Waals surface area contributed by atoms with E-state index in [-0.39, 0.29) is 18.3 Å². The van der Waals surface area contributed by atoms with Crippen molar-refractivity contribution in [2.45, 2.75) is 39.4 Å². The third kappa shape index (κ3) is 5.37. The molecule has 1 heterocycles. The van der Waals surface area contributed by atoms with Crippen molar-refractivity contribution in [1.82, 2.24) is 10.6 Å². The van der Waals surface area contributed by atoms with Crippen molar-refractivity contribution in [3.63, 3.8) is 0 Å². The predicted octanol–water partition coefficient (Wildman–Crippen LogP) is 3.83. The van der Waals surface area contributed by atoms with Crippen LogP contribution in [-0.4, -0.2) is 19.6 Å². The summed E-state index contributed by atoms with van der Waals surface area (Å²) in [6.45, 7) is 5.09. The summed E-state index contributed by atoms with van der Waals surface area (Å²) < 4.78 is 11.1. The average molecular weight is 391 g/mol. The van der Waals surface area contributed by atoms with Gasteiger partial charge in [0, 0.05) is 25.2 Å². The lowest BCUT2D eigenvalue weighted by Gasteiger charge is -2.12. The van der Waals surface area contributed by atoms with Crippen molar-refractivity contribution in [2.24, 2.45) is 0 Å². The van der Waals surface area contributed by atoms with Crippen molar-refractivity contribution >= 4 is 18.3 Å². The number of hydrogen-bond donors (Lipinski definition) is 2. The molecular formula is C21H27ClN2O3. The number of methoxy groups -OCH3 is 1. The Morgan fingerprint density at radius 2 is 1.93 bits per heavy atom. The molecule has 2 aromatic carbocycles. The number of carbonyl (C=O) groups excluding carboxylic acids is 1. The summed E-state index contributed by atoms with van der Waals surface area (Å²) in [7, 11) is 1.59. The fraction of sp³-hybridized carbons (Fsp3) is 0.381. The fourth-order valence-corrected chi connectivity index (χ4v) is 3.00. The molecule has 1 aliphatic rings. The average Bonchev–Trinajstić information content (AvgIpc) is 3.14. The summed E-state index contributed by atoms with van der Waals surface area (Å²) in [4.78, 5) is 12.5. The molecule has 2 aromatic rings. The number of amides is 1. The molecule has 0 saturated heterocycles. The minimum Gasteiger partial charge on any atom is -0.493 e. The SMILES string of the molecule is CCCCOc1ccc(C(=O)NCc2ccc3c(c2)CNC3)cc1OC.Cl. The smallest absolute Gasteiger partial charge is 0.251 e. The van der Waals surface area contributed by atoms with Crippen molar-refractivity contribution in [2.75, 3.05) is 13.7 Å². The van der Waals surface area contributed by atoms with E-state index in [1.54, 1.807) is 25.3 Å². The maximum absolute atomic E-state index is 12.5. The normalized spacial score (nSPS) is 12.1. The maximum Gasteiger partial charge on any atom is 0.251 e. The zero-order valence-electron chi connectivity index (χ0n) is 15.8. The topological polar surface area (TPSA) is 59.6 Å². The highest BCUT2D eigenvalue weighted by atomic mass is 35.5. The first-order valence-electron chi connectivity index (χ1n) is 9.11. The monoisotopic (exact) mass is 390 g/mol. The van der Waals surface area contributed by atoms with E-state index in [2.05, 4.69) is 35.8 Å². The van der Waals surface area contributed by atoms with Crippen LogP contribution < -0.4 is 20.1 Å². The maximum atomic E-state index is 12.5. The molecule has 0 fully saturated rings. The number of hydrogen-bond acceptors (Lipinski definition) is 4. The summed E-state index contributed by atoms with van der Waals surface area (Å²) >= 11 is 0. The Labute approximate surface area is 166 Å². The van der Waals surface area contributed by atoms with Crippen LogP contribution in [0.3, 0.4) is 0 Å². The van der Waals surface area contributed by atoms with Gasteiger partial charge < -0.3 is 20.1 Å². The summed E-state index contributed by atoms with van der Waals surface area (Å²) in [6.07, 6.45) is 2.06. The van der Waals surface area contributed by atoms with Gasteiger partial charge in [0.05, 0.1) is 13.7 Å². The van der Waals surface area contributed by atoms with Crippen LogP contribution in [0.1, 0.15) is 46.8 Å². The Balaban J connectivity index is 0.00000261. The van der Waals surface area contributed by atoms with Gasteiger partial charge in [-0.2, -0.15) is 0 Å². The summed E-state index contributed by atoms with van der Waals surface area (Å²) in [5.41, 5.74) is 4.32. The zero-order valence-corrected chi connectivity index (χ0v) is 16.7. The lowest BCUT2D eigenvalue weighted by atomic mass is 10.1. The molecule has 0 bridgehead atoms. The predicted molar refractivity (Wildman–Crippen MR) is 109 cm³/mol. The molecule has 0 aromatic heterocycles. The number of ether oxygens (including phenoxy) is 2. The van der Waals surface area contributed by atoms with Crippen LogP contribution in [0.15, 0.2) is 36.4 Å². The van der Waals surface area contributed by atoms with Gasteiger partial charge in [-0.05, 0) is 41.3 Å². The number of unbranched alkanes of at least 4 members (excludes halogenated alkanes) is 1. The number of halogens is 1. The van der Waals surface area contributed by atoms with Crippen LogP contribution in [0, 0.1) is 0 Å². The third-order valence-electron chi connectivity index (χ3n) is 4.54. The summed E-state index contributed by atoms with van der Waals surface area (Å²) in [5.74, 6) is 1.13. The minimum absolute atomic E-state index is 0. The highest BCUT2D eigenvalue weighted by Crippen LogP contribution is 2.28. The summed E-state index contributed by atoms with van der Waals surface area (Å²) in [6, 6.07) is 11.6. The second-order valence-corrected chi connectivity index (χ2v) is 6.46. The van der Waals surface area contributed by atoms with E-state index >= 15 is 0 Å². The van der Waals surface area contributed by atoms with Gasteiger partial charge in [-0.1, -0.05) is 31.5 Å². The lowest BCUT2D eigenvalue weighted by Crippen LogP contribution is -2.22. The van der Waals surface area contributed by atoms with Crippen LogP contribution in [-0.2, 0) is 19.6 Å². The van der Waals surface area contributed by atoms with Gasteiger partial charge in [0.2, 0.25) is 0 Å². The first kappa shape index (κ1) is 21.1. The lowest BCUT2D eigenvalue weighted by molar-refractivity contribution is 0.0950. The van der Waals surface area contributed by atoms with E-state index in [0.717, 1.165) is 31.5 Å². The largest absolute Gasteiger partial charge is 0.493 e. The molecule has 0 atom stereocenters. The number of carbonyl (C=O) groups is 1. The fourth-order valence-electron chi connectivity index (χ4n) is 3.00. The molecule has 0 spiro atoms. The molecule has 27 heavy (non-hydrogen) atoms. The van der Waals surface area contributed by atoms with E-state index in [0.29, 0.717) is 30.2 Å². The number of benzene rings is 2. The van der Waals surface area contributed by atoms with Crippen LogP contribution in [0.4, 0.5) is 0 Å². The van der Waals surface area contributed by atoms with Crippen molar-refractivity contribution in [1.29, 1.82) is 0 Å². The summed E-state index contributed by atoms with van der Waals surface area (Å²) in [5, 5.41) is 6.30. The van der Waals surface area contributed by atoms with E-state index in [4.69, 9.17) is 9.47 Å². The first-order chi connectivity index (χ1) is 12.7. The molecule has 3 rings (SSSR count). The third-order valence-corrected chi connectivity index (χ3v) is 4.54. The molecule has 0 aliphatic carbocycles. The second-order valence-electron chi connectivity index (χ2n) is 6.46. The van der Waals surface area contributed by atoms with Crippen LogP contribution >= 0.6 is 12.4 Å². The molecule has 1 amide bonds. The Morgan fingerprint density at radius 3 is 2.70 bits per heavy atom. The van der Waals surface area contributed by atoms with Gasteiger partial charge >= 0.3 is 0 Å². The van der Waals surface area contributed by atoms with Crippen LogP contribution in [0.2, 0.25) is 0 Å². The molecule has 0 radical (unpaired) electrons. The highest BCUT2D eigenvalue weighted by Gasteiger charge is 2.13. The van der Waals surface area contributed by atoms with Gasteiger partial charge in [0.25, 0.3) is 5.91 Å². The van der Waals surface area contributed by atoms with Gasteiger partial charge in [0.15, 0.2) is 11.5 Å². The molecule has 6 heteroatoms. The first-order valence-corrected chi connectivity index (χ1v) is 9.11. The van der Waals surface area contributed by atoms with Gasteiger partial charge in [-0.3, -0.25) is 4.79 Å². The van der Waals surface area contributed by atoms with E-state index in [1.807, 2.05) is 0 Å². The van der Waals surface area contributed by atoms with Crippen LogP contribution in [0.25, 0.3) is 0 Å². The Hall–Kier alpha value is -2.24. The standard InChI is InChI=1S/C21H26N2O3.ClH/c1-3-4-9-26-19-8-7-16(11-20(19)25-2)21(24)23-12-15-5-6-17-13-22-14-18(17)10-15;/h5-8,10-11,22H,3-4,9,12-14H2,1-2H3,(H,23,24);1H. The van der Waals surface area contributed by atoms with Gasteiger partial charge in [-0.15, -0.1) is 12.4 Å². The minimum atomic E-state index is -0.123. The van der Waals surface area contributed by atoms with E-state index in [9.17, 15) is 4.79 Å². The number of fused-ring (bicyclic) bond motifs is 1. The zero-order chi connectivity index (χ0) is 18.4. The Bertz CT molecular complexity index is 780. The van der Waals surface area contributed by atoms with E-state index in [1.165, 1.54) is 11.1 Å². The van der Waals surface area contributed by atoms with Crippen LogP contribution in [0.5, 0.6) is 11.5 Å². The highest BCUT2D eigenvalue weighted by molar-refractivity contribution is 5.94. The Kier molecular flexibility index (Phi) is 7.95. The number of nitrogens with one attached hydrogen (secondary N) is 2. The molecule has 146 valence electrons. The quantitative estimate of drug-likeness (QED) is 0.672. The molecule has 0 unspecified atom stereocenters. The molecule has 1 aliphatic heterocycles. The molecule has 2 N–H and O–H groups in total. The Morgan fingerprint density at radius 1 is 1.11 bits per heavy atom. The van der Waals surface area contributed by atoms with Crippen molar-refractivity contribution in [3.8, 4) is 11.5 Å². The number of rotatable bonds is 8. The molecule has 5 nitrogen and oxygen atoms in total. The van der Waals surface area contributed by atoms with Gasteiger partial charge in [0.1, 0.15) is 0 Å².